The molecule has 0 spiro atoms. The first-order valence-corrected chi connectivity index (χ1v) is 6.38. The summed E-state index contributed by atoms with van der Waals surface area (Å²) in [7, 11) is 0. The van der Waals surface area contributed by atoms with Crippen LogP contribution in [-0.2, 0) is 19.1 Å². The lowest BCUT2D eigenvalue weighted by molar-refractivity contribution is -0.124. The highest BCUT2D eigenvalue weighted by atomic mass is 32.1. The van der Waals surface area contributed by atoms with Gasteiger partial charge in [0, 0.05) is 19.4 Å². The second-order valence-electron chi connectivity index (χ2n) is 3.38. The standard InChI is InChI=1S/C11H21NO4S/c1-2-10(13)9-16-7-6-15-5-4-12-11(14)3-8-17/h17H,2-9H2,1H3,(H,12,14). The van der Waals surface area contributed by atoms with Crippen molar-refractivity contribution in [3.05, 3.63) is 0 Å². The Morgan fingerprint density at radius 1 is 1.18 bits per heavy atom. The quantitative estimate of drug-likeness (QED) is 0.419. The maximum atomic E-state index is 11.0. The Kier molecular flexibility index (Phi) is 11.5. The van der Waals surface area contributed by atoms with E-state index >= 15 is 0 Å². The van der Waals surface area contributed by atoms with E-state index in [9.17, 15) is 9.59 Å². The Morgan fingerprint density at radius 2 is 1.88 bits per heavy atom. The minimum absolute atomic E-state index is 0.0200. The van der Waals surface area contributed by atoms with Crippen LogP contribution in [0.15, 0.2) is 0 Å². The highest BCUT2D eigenvalue weighted by molar-refractivity contribution is 7.80. The number of nitrogens with one attached hydrogen (secondary N) is 1. The minimum atomic E-state index is -0.0200. The zero-order valence-corrected chi connectivity index (χ0v) is 11.1. The molecule has 0 unspecified atom stereocenters. The molecule has 6 heteroatoms. The minimum Gasteiger partial charge on any atom is -0.377 e. The molecule has 0 bridgehead atoms. The van der Waals surface area contributed by atoms with Crippen LogP contribution in [0, 0.1) is 0 Å². The molecule has 0 rings (SSSR count). The first-order valence-electron chi connectivity index (χ1n) is 5.75. The summed E-state index contributed by atoms with van der Waals surface area (Å²) in [6, 6.07) is 0. The molecule has 100 valence electrons. The maximum Gasteiger partial charge on any atom is 0.220 e. The third kappa shape index (κ3) is 11.7. The Morgan fingerprint density at radius 3 is 2.53 bits per heavy atom. The van der Waals surface area contributed by atoms with Gasteiger partial charge in [0.15, 0.2) is 5.78 Å². The van der Waals surface area contributed by atoms with Gasteiger partial charge >= 0.3 is 0 Å². The highest BCUT2D eigenvalue weighted by Gasteiger charge is 1.99. The molecule has 0 aromatic carbocycles. The normalized spacial score (nSPS) is 10.2. The van der Waals surface area contributed by atoms with Crippen molar-refractivity contribution in [1.29, 1.82) is 0 Å². The van der Waals surface area contributed by atoms with Gasteiger partial charge in [-0.2, -0.15) is 12.6 Å². The molecule has 5 nitrogen and oxygen atoms in total. The number of Topliss-reactive ketones (excluding diaryl/α,β-unsaturated/α-hetero) is 1. The average molecular weight is 263 g/mol. The average Bonchev–Trinajstić information content (AvgIpc) is 2.32. The molecule has 0 aliphatic rings. The SMILES string of the molecule is CCC(=O)COCCOCCNC(=O)CCS. The monoisotopic (exact) mass is 263 g/mol. The largest absolute Gasteiger partial charge is 0.377 e. The Hall–Kier alpha value is -0.590. The molecule has 0 aromatic rings. The van der Waals surface area contributed by atoms with Gasteiger partial charge in [-0.05, 0) is 5.75 Å². The summed E-state index contributed by atoms with van der Waals surface area (Å²) in [5, 5.41) is 2.69. The predicted molar refractivity (Wildman–Crippen MR) is 68.4 cm³/mol. The molecular weight excluding hydrogens is 242 g/mol. The molecule has 0 aliphatic heterocycles. The number of carbonyl (C=O) groups is 2. The summed E-state index contributed by atoms with van der Waals surface area (Å²) in [6.45, 7) is 3.72. The third-order valence-corrected chi connectivity index (χ3v) is 2.16. The van der Waals surface area contributed by atoms with Gasteiger partial charge < -0.3 is 14.8 Å². The first-order chi connectivity index (χ1) is 8.20. The van der Waals surface area contributed by atoms with Crippen molar-refractivity contribution < 1.29 is 19.1 Å². The second kappa shape index (κ2) is 11.9. The van der Waals surface area contributed by atoms with Crippen LogP contribution in [0.25, 0.3) is 0 Å². The van der Waals surface area contributed by atoms with Gasteiger partial charge in [-0.25, -0.2) is 0 Å². The van der Waals surface area contributed by atoms with Crippen LogP contribution in [0.3, 0.4) is 0 Å². The number of thiol groups is 1. The summed E-state index contributed by atoms with van der Waals surface area (Å²) in [6.07, 6.45) is 0.920. The van der Waals surface area contributed by atoms with Crippen LogP contribution in [0.2, 0.25) is 0 Å². The molecule has 0 fully saturated rings. The fraction of sp³-hybridized carbons (Fsp3) is 0.818. The van der Waals surface area contributed by atoms with Crippen LogP contribution >= 0.6 is 12.6 Å². The van der Waals surface area contributed by atoms with E-state index in [1.807, 2.05) is 0 Å². The summed E-state index contributed by atoms with van der Waals surface area (Å²) in [4.78, 5) is 21.9. The van der Waals surface area contributed by atoms with E-state index < -0.39 is 0 Å². The van der Waals surface area contributed by atoms with E-state index in [0.29, 0.717) is 45.0 Å². The predicted octanol–water partition coefficient (Wildman–Crippen LogP) is 0.435. The van der Waals surface area contributed by atoms with Crippen LogP contribution < -0.4 is 5.32 Å². The first kappa shape index (κ1) is 16.4. The van der Waals surface area contributed by atoms with Crippen LogP contribution in [0.4, 0.5) is 0 Å². The Labute approximate surface area is 108 Å². The van der Waals surface area contributed by atoms with Crippen molar-refractivity contribution in [2.24, 2.45) is 0 Å². The summed E-state index contributed by atoms with van der Waals surface area (Å²) in [5.74, 6) is 0.615. The Bertz CT molecular complexity index is 224. The summed E-state index contributed by atoms with van der Waals surface area (Å²) >= 11 is 3.95. The molecule has 0 saturated heterocycles. The molecule has 0 aromatic heterocycles. The summed E-state index contributed by atoms with van der Waals surface area (Å²) in [5.41, 5.74) is 0. The molecule has 0 atom stereocenters. The smallest absolute Gasteiger partial charge is 0.220 e. The van der Waals surface area contributed by atoms with E-state index in [1.165, 1.54) is 0 Å². The topological polar surface area (TPSA) is 64.6 Å². The van der Waals surface area contributed by atoms with Gasteiger partial charge in [0.2, 0.25) is 5.91 Å². The summed E-state index contributed by atoms with van der Waals surface area (Å²) < 4.78 is 10.3. The van der Waals surface area contributed by atoms with Gasteiger partial charge in [0.25, 0.3) is 0 Å². The van der Waals surface area contributed by atoms with E-state index in [2.05, 4.69) is 17.9 Å². The zero-order chi connectivity index (χ0) is 12.9. The van der Waals surface area contributed by atoms with Crippen molar-refractivity contribution in [2.75, 3.05) is 38.7 Å². The van der Waals surface area contributed by atoms with Crippen molar-refractivity contribution in [1.82, 2.24) is 5.32 Å². The van der Waals surface area contributed by atoms with E-state index in [-0.39, 0.29) is 18.3 Å². The van der Waals surface area contributed by atoms with E-state index in [0.717, 1.165) is 0 Å². The molecule has 1 amide bonds. The van der Waals surface area contributed by atoms with Gasteiger partial charge in [-0.3, -0.25) is 9.59 Å². The van der Waals surface area contributed by atoms with Crippen molar-refractivity contribution in [3.63, 3.8) is 0 Å². The fourth-order valence-corrected chi connectivity index (χ4v) is 1.16. The molecule has 0 radical (unpaired) electrons. The lowest BCUT2D eigenvalue weighted by Crippen LogP contribution is -2.27. The fourth-order valence-electron chi connectivity index (χ4n) is 0.961. The molecule has 0 saturated carbocycles. The van der Waals surface area contributed by atoms with Gasteiger partial charge in [-0.1, -0.05) is 6.92 Å². The number of ether oxygens (including phenoxy) is 2. The molecule has 17 heavy (non-hydrogen) atoms. The van der Waals surface area contributed by atoms with Crippen LogP contribution in [0.1, 0.15) is 19.8 Å². The molecule has 1 N–H and O–H groups in total. The molecular formula is C11H21NO4S. The Balaban J connectivity index is 3.13. The van der Waals surface area contributed by atoms with Gasteiger partial charge in [0.1, 0.15) is 6.61 Å². The van der Waals surface area contributed by atoms with E-state index in [1.54, 1.807) is 6.92 Å². The number of ketones is 1. The van der Waals surface area contributed by atoms with Crippen molar-refractivity contribution in [2.45, 2.75) is 19.8 Å². The third-order valence-electron chi connectivity index (χ3n) is 1.94. The van der Waals surface area contributed by atoms with Crippen molar-refractivity contribution >= 4 is 24.3 Å². The van der Waals surface area contributed by atoms with Crippen LogP contribution in [-0.4, -0.2) is 50.4 Å². The van der Waals surface area contributed by atoms with Gasteiger partial charge in [-0.15, -0.1) is 0 Å². The van der Waals surface area contributed by atoms with E-state index in [4.69, 9.17) is 9.47 Å². The number of hydrogen-bond donors (Lipinski definition) is 2. The van der Waals surface area contributed by atoms with Gasteiger partial charge in [0.05, 0.1) is 19.8 Å². The zero-order valence-electron chi connectivity index (χ0n) is 10.2. The number of carbonyl (C=O) groups excluding carboxylic acids is 2. The number of rotatable bonds is 11. The second-order valence-corrected chi connectivity index (χ2v) is 3.83. The molecule has 0 aliphatic carbocycles. The lowest BCUT2D eigenvalue weighted by atomic mass is 10.3. The maximum absolute atomic E-state index is 11.0. The number of hydrogen-bond acceptors (Lipinski definition) is 5. The van der Waals surface area contributed by atoms with Crippen molar-refractivity contribution in [3.8, 4) is 0 Å². The molecule has 0 heterocycles. The lowest BCUT2D eigenvalue weighted by Gasteiger charge is -2.06. The number of amides is 1. The highest BCUT2D eigenvalue weighted by Crippen LogP contribution is 1.85. The van der Waals surface area contributed by atoms with Crippen LogP contribution in [0.5, 0.6) is 0 Å².